The lowest BCUT2D eigenvalue weighted by atomic mass is 9.78. The molecule has 3 aliphatic rings. The zero-order valence-electron chi connectivity index (χ0n) is 9.68. The summed E-state index contributed by atoms with van der Waals surface area (Å²) in [4.78, 5) is 34.2. The maximum absolute atomic E-state index is 11.6. The molecule has 19 heavy (non-hydrogen) atoms. The Balaban J connectivity index is 1.82. The third-order valence-corrected chi connectivity index (χ3v) is 3.98. The van der Waals surface area contributed by atoms with Crippen molar-refractivity contribution in [3.05, 3.63) is 0 Å². The molecule has 3 heterocycles. The first-order chi connectivity index (χ1) is 9.04. The highest BCUT2D eigenvalue weighted by atomic mass is 32.1. The van der Waals surface area contributed by atoms with Crippen LogP contribution in [0.4, 0.5) is 0 Å². The fourth-order valence-corrected chi connectivity index (χ4v) is 3.22. The van der Waals surface area contributed by atoms with Crippen LogP contribution in [0.15, 0.2) is 0 Å². The molecule has 3 saturated heterocycles. The van der Waals surface area contributed by atoms with Gasteiger partial charge in [-0.25, -0.2) is 0 Å². The van der Waals surface area contributed by atoms with Crippen LogP contribution in [0.3, 0.4) is 0 Å². The molecule has 0 amide bonds. The van der Waals surface area contributed by atoms with E-state index in [0.29, 0.717) is 5.75 Å². The van der Waals surface area contributed by atoms with Crippen molar-refractivity contribution in [3.8, 4) is 0 Å². The quantitative estimate of drug-likeness (QED) is 0.467. The van der Waals surface area contributed by atoms with E-state index in [2.05, 4.69) is 12.6 Å². The molecule has 3 rings (SSSR count). The van der Waals surface area contributed by atoms with E-state index in [4.69, 9.17) is 14.2 Å². The van der Waals surface area contributed by atoms with E-state index in [1.54, 1.807) is 0 Å². The molecule has 0 aromatic heterocycles. The fraction of sp³-hybridized carbons (Fsp3) is 0.727. The van der Waals surface area contributed by atoms with E-state index in [1.807, 2.05) is 0 Å². The van der Waals surface area contributed by atoms with Gasteiger partial charge in [-0.3, -0.25) is 9.59 Å². The highest BCUT2D eigenvalue weighted by Crippen LogP contribution is 2.50. The second-order valence-corrected chi connectivity index (χ2v) is 5.21. The molecule has 6 atom stereocenters. The molecule has 8 heteroatoms. The van der Waals surface area contributed by atoms with Gasteiger partial charge in [0.15, 0.2) is 12.2 Å². The Morgan fingerprint density at radius 1 is 1.32 bits per heavy atom. The van der Waals surface area contributed by atoms with Crippen LogP contribution in [0.25, 0.3) is 0 Å². The number of carbonyl (C=O) groups excluding carboxylic acids is 3. The lowest BCUT2D eigenvalue weighted by Crippen LogP contribution is -2.51. The molecule has 0 N–H and O–H groups in total. The lowest BCUT2D eigenvalue weighted by molar-refractivity contribution is -0.314. The molecule has 2 bridgehead atoms. The summed E-state index contributed by atoms with van der Waals surface area (Å²) in [6, 6.07) is 0. The Hall–Kier alpha value is -1.28. The number of hydrogen-bond donors (Lipinski definition) is 1. The summed E-state index contributed by atoms with van der Waals surface area (Å²) in [5.41, 5.74) is 0. The third kappa shape index (κ3) is 1.73. The minimum absolute atomic E-state index is 0.0943. The zero-order valence-corrected chi connectivity index (χ0v) is 10.6. The lowest BCUT2D eigenvalue weighted by Gasteiger charge is -2.28. The van der Waals surface area contributed by atoms with Crippen LogP contribution < -0.4 is 5.11 Å². The second kappa shape index (κ2) is 4.38. The number of aliphatic carboxylic acids is 1. The van der Waals surface area contributed by atoms with Crippen LogP contribution in [0.5, 0.6) is 0 Å². The van der Waals surface area contributed by atoms with Crippen molar-refractivity contribution in [2.75, 3.05) is 5.75 Å². The molecule has 7 nitrogen and oxygen atoms in total. The van der Waals surface area contributed by atoms with Crippen LogP contribution in [-0.2, 0) is 28.6 Å². The Morgan fingerprint density at radius 2 is 2.05 bits per heavy atom. The minimum atomic E-state index is -1.38. The van der Waals surface area contributed by atoms with Crippen molar-refractivity contribution in [1.82, 2.24) is 0 Å². The molecule has 0 aromatic rings. The standard InChI is InChI=1S/C11H12O7S/c12-3(1-2-19)16-8-6-4(10(13)14)5-7(17-6)9(8)18-11(5)15/h4-9,19H,1-2H2,(H,13,14)/p-1. The number of rotatable bonds is 4. The van der Waals surface area contributed by atoms with E-state index in [-0.39, 0.29) is 6.42 Å². The Labute approximate surface area is 113 Å². The Morgan fingerprint density at radius 3 is 2.68 bits per heavy atom. The van der Waals surface area contributed by atoms with Gasteiger partial charge in [0.1, 0.15) is 12.2 Å². The first kappa shape index (κ1) is 12.7. The van der Waals surface area contributed by atoms with E-state index < -0.39 is 54.2 Å². The van der Waals surface area contributed by atoms with Crippen LogP contribution in [0.2, 0.25) is 0 Å². The Kier molecular flexibility index (Phi) is 2.94. The molecule has 0 aromatic carbocycles. The van der Waals surface area contributed by atoms with E-state index in [0.717, 1.165) is 0 Å². The van der Waals surface area contributed by atoms with Gasteiger partial charge in [-0.1, -0.05) is 0 Å². The van der Waals surface area contributed by atoms with Crippen molar-refractivity contribution in [2.45, 2.75) is 30.8 Å². The topological polar surface area (TPSA) is 102 Å². The minimum Gasteiger partial charge on any atom is -0.550 e. The summed E-state index contributed by atoms with van der Waals surface area (Å²) < 4.78 is 15.7. The van der Waals surface area contributed by atoms with Crippen molar-refractivity contribution < 1.29 is 33.7 Å². The molecule has 0 spiro atoms. The van der Waals surface area contributed by atoms with E-state index in [1.165, 1.54) is 0 Å². The van der Waals surface area contributed by atoms with Crippen LogP contribution in [0.1, 0.15) is 6.42 Å². The van der Waals surface area contributed by atoms with E-state index >= 15 is 0 Å². The first-order valence-electron chi connectivity index (χ1n) is 5.91. The Bertz CT molecular complexity index is 450. The van der Waals surface area contributed by atoms with Crippen LogP contribution in [0, 0.1) is 11.8 Å². The number of carbonyl (C=O) groups is 3. The third-order valence-electron chi connectivity index (χ3n) is 3.76. The number of esters is 2. The molecule has 3 fully saturated rings. The zero-order chi connectivity index (χ0) is 13.7. The van der Waals surface area contributed by atoms with Crippen molar-refractivity contribution in [2.24, 2.45) is 11.8 Å². The molecule has 0 saturated carbocycles. The van der Waals surface area contributed by atoms with E-state index in [9.17, 15) is 19.5 Å². The van der Waals surface area contributed by atoms with Gasteiger partial charge < -0.3 is 24.1 Å². The summed E-state index contributed by atoms with van der Waals surface area (Å²) in [6.45, 7) is 0. The predicted molar refractivity (Wildman–Crippen MR) is 58.9 cm³/mol. The maximum atomic E-state index is 11.6. The number of thiol groups is 1. The molecule has 6 unspecified atom stereocenters. The summed E-state index contributed by atoms with van der Waals surface area (Å²) in [5, 5.41) is 11.1. The molecule has 3 aliphatic heterocycles. The van der Waals surface area contributed by atoms with Gasteiger partial charge in [-0.2, -0.15) is 12.6 Å². The SMILES string of the molecule is O=C(CCS)OC1C2OC(=O)C3C2OC1C3C(=O)[O-]. The number of carboxylic acid groups (broad SMARTS) is 1. The molecule has 0 radical (unpaired) electrons. The van der Waals surface area contributed by atoms with Crippen molar-refractivity contribution >= 4 is 30.5 Å². The molecular weight excluding hydrogens is 276 g/mol. The van der Waals surface area contributed by atoms with Gasteiger partial charge in [-0.15, -0.1) is 0 Å². The fourth-order valence-electron chi connectivity index (χ4n) is 3.04. The summed E-state index contributed by atoms with van der Waals surface area (Å²) in [7, 11) is 0. The largest absolute Gasteiger partial charge is 0.550 e. The van der Waals surface area contributed by atoms with Gasteiger partial charge in [0.05, 0.1) is 12.3 Å². The van der Waals surface area contributed by atoms with Crippen LogP contribution >= 0.6 is 12.6 Å². The summed E-state index contributed by atoms with van der Waals surface area (Å²) in [5.74, 6) is -4.18. The van der Waals surface area contributed by atoms with Gasteiger partial charge in [0.2, 0.25) is 0 Å². The van der Waals surface area contributed by atoms with Crippen molar-refractivity contribution in [1.29, 1.82) is 0 Å². The molecule has 104 valence electrons. The summed E-state index contributed by atoms with van der Waals surface area (Å²) >= 11 is 3.91. The molecular formula is C11H11O7S-. The molecule has 0 aliphatic carbocycles. The second-order valence-electron chi connectivity index (χ2n) is 4.77. The maximum Gasteiger partial charge on any atom is 0.313 e. The van der Waals surface area contributed by atoms with Gasteiger partial charge >= 0.3 is 11.9 Å². The average Bonchev–Trinajstić information content (AvgIpc) is 2.92. The number of fused-ring (bicyclic) bond motifs is 1. The normalized spacial score (nSPS) is 42.3. The number of hydrogen-bond acceptors (Lipinski definition) is 8. The number of carboxylic acids is 1. The smallest absolute Gasteiger partial charge is 0.313 e. The van der Waals surface area contributed by atoms with Crippen molar-refractivity contribution in [3.63, 3.8) is 0 Å². The average molecular weight is 287 g/mol. The number of ether oxygens (including phenoxy) is 3. The summed E-state index contributed by atoms with van der Waals surface area (Å²) in [6.07, 6.45) is -3.02. The van der Waals surface area contributed by atoms with Gasteiger partial charge in [0, 0.05) is 17.6 Å². The van der Waals surface area contributed by atoms with Crippen LogP contribution in [-0.4, -0.2) is 48.1 Å². The van der Waals surface area contributed by atoms with Gasteiger partial charge in [0.25, 0.3) is 0 Å². The highest BCUT2D eigenvalue weighted by Gasteiger charge is 2.70. The highest BCUT2D eigenvalue weighted by molar-refractivity contribution is 7.80. The van der Waals surface area contributed by atoms with Gasteiger partial charge in [-0.05, 0) is 0 Å². The monoisotopic (exact) mass is 287 g/mol. The first-order valence-corrected chi connectivity index (χ1v) is 6.55. The predicted octanol–water partition coefficient (Wildman–Crippen LogP) is -2.09.